The third kappa shape index (κ3) is 2.64. The van der Waals surface area contributed by atoms with Crippen LogP contribution in [0.1, 0.15) is 42.6 Å². The first kappa shape index (κ1) is 12.5. The van der Waals surface area contributed by atoms with Gasteiger partial charge < -0.3 is 4.74 Å². The van der Waals surface area contributed by atoms with Gasteiger partial charge in [-0.15, -0.1) is 0 Å². The van der Waals surface area contributed by atoms with E-state index in [-0.39, 0.29) is 11.9 Å². The van der Waals surface area contributed by atoms with Crippen LogP contribution < -0.4 is 0 Å². The number of rotatable bonds is 1. The van der Waals surface area contributed by atoms with E-state index in [4.69, 9.17) is 4.74 Å². The molecule has 0 saturated carbocycles. The van der Waals surface area contributed by atoms with Crippen LogP contribution in [0.25, 0.3) is 0 Å². The normalized spacial score (nSPS) is 14.3. The first-order chi connectivity index (χ1) is 8.39. The van der Waals surface area contributed by atoms with Gasteiger partial charge in [0.1, 0.15) is 5.60 Å². The highest BCUT2D eigenvalue weighted by Gasteiger charge is 2.28. The lowest BCUT2D eigenvalue weighted by atomic mass is 10.2. The number of nitrogens with zero attached hydrogens (tertiary/aromatic N) is 3. The Kier molecular flexibility index (Phi) is 3.02. The van der Waals surface area contributed by atoms with E-state index in [0.717, 1.165) is 5.56 Å². The van der Waals surface area contributed by atoms with Gasteiger partial charge in [-0.05, 0) is 20.8 Å². The van der Waals surface area contributed by atoms with E-state index in [1.165, 1.54) is 0 Å². The van der Waals surface area contributed by atoms with Crippen molar-refractivity contribution in [1.82, 2.24) is 14.9 Å². The Bertz CT molecular complexity index is 494. The fraction of sp³-hybridized carbons (Fsp3) is 0.500. The summed E-state index contributed by atoms with van der Waals surface area (Å²) in [6, 6.07) is 0. The summed E-state index contributed by atoms with van der Waals surface area (Å²) in [5.74, 6) is 0.139. The molecule has 0 spiro atoms. The van der Waals surface area contributed by atoms with Crippen molar-refractivity contribution in [3.8, 4) is 0 Å². The molecule has 0 atom stereocenters. The number of carbonyl (C=O) groups excluding carboxylic acids is 2. The van der Waals surface area contributed by atoms with Crippen LogP contribution in [-0.2, 0) is 17.8 Å². The molecule has 2 rings (SSSR count). The Labute approximate surface area is 105 Å². The van der Waals surface area contributed by atoms with Gasteiger partial charge in [-0.1, -0.05) is 0 Å². The quantitative estimate of drug-likeness (QED) is 0.706. The minimum atomic E-state index is -0.522. The molecule has 1 aromatic heterocycles. The second kappa shape index (κ2) is 4.36. The predicted octanol–water partition coefficient (Wildman–Crippen LogP) is 1.54. The molecule has 1 aromatic rings. The van der Waals surface area contributed by atoms with Gasteiger partial charge in [0.15, 0.2) is 12.1 Å². The van der Waals surface area contributed by atoms with Crippen molar-refractivity contribution in [2.75, 3.05) is 0 Å². The third-order valence-corrected chi connectivity index (χ3v) is 2.43. The lowest BCUT2D eigenvalue weighted by Gasteiger charge is -2.23. The second-order valence-corrected chi connectivity index (χ2v) is 5.15. The largest absolute Gasteiger partial charge is 0.444 e. The molecule has 18 heavy (non-hydrogen) atoms. The summed E-state index contributed by atoms with van der Waals surface area (Å²) in [6.45, 7) is 6.23. The third-order valence-electron chi connectivity index (χ3n) is 2.43. The topological polar surface area (TPSA) is 72.4 Å². The molecule has 0 aliphatic carbocycles. The fourth-order valence-electron chi connectivity index (χ4n) is 1.68. The Morgan fingerprint density at radius 1 is 1.44 bits per heavy atom. The molecular formula is C12H15N3O3. The highest BCUT2D eigenvalue weighted by Crippen LogP contribution is 2.22. The molecule has 1 amide bonds. The van der Waals surface area contributed by atoms with E-state index in [2.05, 4.69) is 9.97 Å². The minimum absolute atomic E-state index is 0.139. The van der Waals surface area contributed by atoms with Gasteiger partial charge in [0.25, 0.3) is 0 Å². The molecule has 0 N–H and O–H groups in total. The van der Waals surface area contributed by atoms with E-state index in [0.29, 0.717) is 25.1 Å². The van der Waals surface area contributed by atoms with Crippen LogP contribution in [0, 0.1) is 0 Å². The van der Waals surface area contributed by atoms with Crippen molar-refractivity contribution in [2.24, 2.45) is 0 Å². The highest BCUT2D eigenvalue weighted by atomic mass is 16.6. The van der Waals surface area contributed by atoms with Crippen molar-refractivity contribution < 1.29 is 14.3 Å². The summed E-state index contributed by atoms with van der Waals surface area (Å²) in [7, 11) is 0. The summed E-state index contributed by atoms with van der Waals surface area (Å²) in [5, 5.41) is 0. The first-order valence-electron chi connectivity index (χ1n) is 5.67. The standard InChI is InChI=1S/C12H15N3O3/c1-12(2,3)18-11(17)15-5-8-4-13-10(7-16)14-9(8)6-15/h4,7H,5-6H2,1-3H3. The molecule has 96 valence electrons. The molecule has 6 heteroatoms. The van der Waals surface area contributed by atoms with Crippen LogP contribution in [0.15, 0.2) is 6.20 Å². The molecule has 0 saturated heterocycles. The molecule has 0 aromatic carbocycles. The summed E-state index contributed by atoms with van der Waals surface area (Å²) < 4.78 is 5.28. The number of carbonyl (C=O) groups is 2. The van der Waals surface area contributed by atoms with Crippen molar-refractivity contribution in [3.05, 3.63) is 23.3 Å². The average molecular weight is 249 g/mol. The number of amides is 1. The van der Waals surface area contributed by atoms with Crippen LogP contribution in [0.3, 0.4) is 0 Å². The Hall–Kier alpha value is -1.98. The average Bonchev–Trinajstić information content (AvgIpc) is 2.69. The predicted molar refractivity (Wildman–Crippen MR) is 62.9 cm³/mol. The number of fused-ring (bicyclic) bond motifs is 1. The lowest BCUT2D eigenvalue weighted by Crippen LogP contribution is -2.33. The Morgan fingerprint density at radius 2 is 2.17 bits per heavy atom. The first-order valence-corrected chi connectivity index (χ1v) is 5.67. The lowest BCUT2D eigenvalue weighted by molar-refractivity contribution is 0.0240. The van der Waals surface area contributed by atoms with E-state index < -0.39 is 5.60 Å². The number of aldehydes is 1. The maximum atomic E-state index is 11.9. The zero-order valence-electron chi connectivity index (χ0n) is 10.6. The number of hydrogen-bond donors (Lipinski definition) is 0. The van der Waals surface area contributed by atoms with Crippen molar-refractivity contribution in [3.63, 3.8) is 0 Å². The van der Waals surface area contributed by atoms with Crippen molar-refractivity contribution in [2.45, 2.75) is 39.5 Å². The SMILES string of the molecule is CC(C)(C)OC(=O)N1Cc2cnc(C=O)nc2C1. The summed E-state index contributed by atoms with van der Waals surface area (Å²) in [6.07, 6.45) is 1.79. The van der Waals surface area contributed by atoms with Gasteiger partial charge >= 0.3 is 6.09 Å². The van der Waals surface area contributed by atoms with Crippen LogP contribution in [0.4, 0.5) is 4.79 Å². The molecule has 0 fully saturated rings. The molecule has 0 unspecified atom stereocenters. The van der Waals surface area contributed by atoms with Gasteiger partial charge in [0, 0.05) is 11.8 Å². The van der Waals surface area contributed by atoms with Crippen LogP contribution in [-0.4, -0.2) is 32.8 Å². The summed E-state index contributed by atoms with van der Waals surface area (Å²) >= 11 is 0. The van der Waals surface area contributed by atoms with Gasteiger partial charge in [0.2, 0.25) is 0 Å². The van der Waals surface area contributed by atoms with Gasteiger partial charge in [0.05, 0.1) is 18.8 Å². The van der Waals surface area contributed by atoms with Crippen LogP contribution >= 0.6 is 0 Å². The molecule has 0 radical (unpaired) electrons. The second-order valence-electron chi connectivity index (χ2n) is 5.15. The van der Waals surface area contributed by atoms with E-state index in [1.807, 2.05) is 20.8 Å². The van der Waals surface area contributed by atoms with E-state index >= 15 is 0 Å². The van der Waals surface area contributed by atoms with E-state index in [1.54, 1.807) is 11.1 Å². The Morgan fingerprint density at radius 3 is 2.78 bits per heavy atom. The zero-order valence-corrected chi connectivity index (χ0v) is 10.6. The zero-order chi connectivity index (χ0) is 13.3. The molecule has 1 aliphatic heterocycles. The fourth-order valence-corrected chi connectivity index (χ4v) is 1.68. The molecule has 1 aliphatic rings. The number of ether oxygens (including phenoxy) is 1. The number of hydrogen-bond acceptors (Lipinski definition) is 5. The highest BCUT2D eigenvalue weighted by molar-refractivity contribution is 5.70. The van der Waals surface area contributed by atoms with Crippen molar-refractivity contribution >= 4 is 12.4 Å². The maximum absolute atomic E-state index is 11.9. The summed E-state index contributed by atoms with van der Waals surface area (Å²) in [4.78, 5) is 31.9. The van der Waals surface area contributed by atoms with E-state index in [9.17, 15) is 9.59 Å². The maximum Gasteiger partial charge on any atom is 0.410 e. The molecule has 0 bridgehead atoms. The Balaban J connectivity index is 2.10. The van der Waals surface area contributed by atoms with Crippen molar-refractivity contribution in [1.29, 1.82) is 0 Å². The van der Waals surface area contributed by atoms with Gasteiger partial charge in [-0.2, -0.15) is 0 Å². The monoisotopic (exact) mass is 249 g/mol. The molecular weight excluding hydrogens is 234 g/mol. The van der Waals surface area contributed by atoms with Crippen LogP contribution in [0.2, 0.25) is 0 Å². The number of aromatic nitrogens is 2. The van der Waals surface area contributed by atoms with Gasteiger partial charge in [-0.3, -0.25) is 9.69 Å². The van der Waals surface area contributed by atoms with Gasteiger partial charge in [-0.25, -0.2) is 14.8 Å². The molecule has 2 heterocycles. The van der Waals surface area contributed by atoms with Crippen LogP contribution in [0.5, 0.6) is 0 Å². The summed E-state index contributed by atoms with van der Waals surface area (Å²) in [5.41, 5.74) is 1.04. The minimum Gasteiger partial charge on any atom is -0.444 e. The molecule has 6 nitrogen and oxygen atoms in total. The smallest absolute Gasteiger partial charge is 0.410 e.